The number of hydrogen-bond acceptors (Lipinski definition) is 5. The van der Waals surface area contributed by atoms with E-state index in [0.717, 1.165) is 0 Å². The lowest BCUT2D eigenvalue weighted by Gasteiger charge is -2.11. The van der Waals surface area contributed by atoms with E-state index in [2.05, 4.69) is 11.3 Å². The highest BCUT2D eigenvalue weighted by molar-refractivity contribution is 5.98. The highest BCUT2D eigenvalue weighted by Crippen LogP contribution is 2.30. The maximum absolute atomic E-state index is 12.3. The third kappa shape index (κ3) is 5.79. The Morgan fingerprint density at radius 3 is 2.74 bits per heavy atom. The fourth-order valence-electron chi connectivity index (χ4n) is 1.59. The van der Waals surface area contributed by atoms with Crippen LogP contribution in [0.1, 0.15) is 12.5 Å². The maximum Gasteiger partial charge on any atom is 0.387 e. The molecule has 0 heterocycles. The molecule has 0 spiro atoms. The van der Waals surface area contributed by atoms with Crippen LogP contribution in [-0.4, -0.2) is 25.8 Å². The van der Waals surface area contributed by atoms with Gasteiger partial charge in [-0.15, -0.1) is 0 Å². The van der Waals surface area contributed by atoms with E-state index in [-0.39, 0.29) is 30.3 Å². The fourth-order valence-corrected chi connectivity index (χ4v) is 1.59. The maximum atomic E-state index is 12.3. The fraction of sp³-hybridized carbons (Fsp3) is 0.250. The predicted octanol–water partition coefficient (Wildman–Crippen LogP) is 3.32. The first-order valence-electron chi connectivity index (χ1n) is 6.63. The van der Waals surface area contributed by atoms with Crippen LogP contribution in [0, 0.1) is 11.3 Å². The summed E-state index contributed by atoms with van der Waals surface area (Å²) < 4.78 is 39.0. The Hall–Kier alpha value is -2.88. The molecule has 0 amide bonds. The van der Waals surface area contributed by atoms with Gasteiger partial charge in [-0.05, 0) is 30.7 Å². The molecule has 0 atom stereocenters. The second-order valence-electron chi connectivity index (χ2n) is 4.07. The number of nitrogens with zero attached hydrogens (tertiary/aromatic N) is 1. The van der Waals surface area contributed by atoms with Gasteiger partial charge in [-0.1, -0.05) is 18.7 Å². The van der Waals surface area contributed by atoms with Gasteiger partial charge in [-0.2, -0.15) is 14.0 Å². The molecule has 1 aromatic rings. The van der Waals surface area contributed by atoms with Crippen molar-refractivity contribution in [2.24, 2.45) is 0 Å². The Bertz CT molecular complexity index is 635. The molecule has 122 valence electrons. The Kier molecular flexibility index (Phi) is 7.27. The van der Waals surface area contributed by atoms with Gasteiger partial charge in [-0.25, -0.2) is 4.79 Å². The third-order valence-electron chi connectivity index (χ3n) is 2.47. The average Bonchev–Trinajstić information content (AvgIpc) is 2.52. The monoisotopic (exact) mass is 323 g/mol. The minimum atomic E-state index is -2.99. The number of ether oxygens (including phenoxy) is 3. The van der Waals surface area contributed by atoms with Crippen LogP contribution >= 0.6 is 0 Å². The van der Waals surface area contributed by atoms with Gasteiger partial charge >= 0.3 is 12.6 Å². The summed E-state index contributed by atoms with van der Waals surface area (Å²) in [4.78, 5) is 11.6. The van der Waals surface area contributed by atoms with Crippen LogP contribution in [0.3, 0.4) is 0 Å². The molecule has 1 aromatic carbocycles. The van der Waals surface area contributed by atoms with Crippen molar-refractivity contribution >= 4 is 12.0 Å². The van der Waals surface area contributed by atoms with E-state index in [1.54, 1.807) is 13.0 Å². The highest BCUT2D eigenvalue weighted by atomic mass is 19.3. The standard InChI is InChI=1S/C16H15F2NO4/c1-3-7-22-15(20)12(10-19)8-11-5-6-13(23-16(17)18)14(9-11)21-4-2/h3,5-6,8-9,16H,1,4,7H2,2H3/b12-8-. The van der Waals surface area contributed by atoms with Gasteiger partial charge in [0.25, 0.3) is 0 Å². The van der Waals surface area contributed by atoms with Crippen molar-refractivity contribution in [1.29, 1.82) is 5.26 Å². The molecule has 0 unspecified atom stereocenters. The zero-order valence-electron chi connectivity index (χ0n) is 12.4. The molecule has 1 rings (SSSR count). The molecule has 0 bridgehead atoms. The summed E-state index contributed by atoms with van der Waals surface area (Å²) in [7, 11) is 0. The van der Waals surface area contributed by atoms with Crippen LogP contribution < -0.4 is 9.47 Å². The largest absolute Gasteiger partial charge is 0.490 e. The minimum Gasteiger partial charge on any atom is -0.490 e. The van der Waals surface area contributed by atoms with Crippen LogP contribution in [0.15, 0.2) is 36.4 Å². The molecule has 0 aromatic heterocycles. The van der Waals surface area contributed by atoms with Gasteiger partial charge in [0, 0.05) is 0 Å². The zero-order valence-corrected chi connectivity index (χ0v) is 12.4. The number of carbonyl (C=O) groups is 1. The Morgan fingerprint density at radius 2 is 2.17 bits per heavy atom. The summed E-state index contributed by atoms with van der Waals surface area (Å²) in [5.74, 6) is -0.858. The van der Waals surface area contributed by atoms with Gasteiger partial charge in [-0.3, -0.25) is 0 Å². The summed E-state index contributed by atoms with van der Waals surface area (Å²) in [6.45, 7) is 2.30. The van der Waals surface area contributed by atoms with Crippen LogP contribution in [0.5, 0.6) is 11.5 Å². The predicted molar refractivity (Wildman–Crippen MR) is 79.0 cm³/mol. The third-order valence-corrected chi connectivity index (χ3v) is 2.47. The van der Waals surface area contributed by atoms with Crippen LogP contribution in [0.4, 0.5) is 8.78 Å². The van der Waals surface area contributed by atoms with Gasteiger partial charge in [0.2, 0.25) is 0 Å². The first-order chi connectivity index (χ1) is 11.0. The second-order valence-corrected chi connectivity index (χ2v) is 4.07. The summed E-state index contributed by atoms with van der Waals surface area (Å²) in [6, 6.07) is 5.79. The van der Waals surface area contributed by atoms with Crippen LogP contribution in [0.2, 0.25) is 0 Å². The quantitative estimate of drug-likeness (QED) is 0.318. The van der Waals surface area contributed by atoms with Crippen molar-refractivity contribution in [3.05, 3.63) is 42.0 Å². The number of nitriles is 1. The SMILES string of the molecule is C=CCOC(=O)/C(C#N)=C\c1ccc(OC(F)F)c(OCC)c1. The lowest BCUT2D eigenvalue weighted by molar-refractivity contribution is -0.137. The molecule has 0 aliphatic carbocycles. The number of alkyl halides is 2. The van der Waals surface area contributed by atoms with Gasteiger partial charge in [0.15, 0.2) is 11.5 Å². The minimum absolute atomic E-state index is 0.0246. The molecule has 5 nitrogen and oxygen atoms in total. The number of halogens is 2. The molecular formula is C16H15F2NO4. The normalized spacial score (nSPS) is 10.8. The summed E-state index contributed by atoms with van der Waals surface area (Å²) >= 11 is 0. The van der Waals surface area contributed by atoms with Gasteiger partial charge in [0.1, 0.15) is 18.2 Å². The van der Waals surface area contributed by atoms with E-state index in [9.17, 15) is 13.6 Å². The smallest absolute Gasteiger partial charge is 0.387 e. The summed E-state index contributed by atoms with van der Waals surface area (Å²) in [6.07, 6.45) is 2.64. The summed E-state index contributed by atoms with van der Waals surface area (Å²) in [5, 5.41) is 9.00. The van der Waals surface area contributed by atoms with E-state index in [4.69, 9.17) is 14.7 Å². The molecule has 0 N–H and O–H groups in total. The van der Waals surface area contributed by atoms with Crippen molar-refractivity contribution in [3.63, 3.8) is 0 Å². The molecular weight excluding hydrogens is 308 g/mol. The van der Waals surface area contributed by atoms with Gasteiger partial charge in [0.05, 0.1) is 6.61 Å². The first kappa shape index (κ1) is 18.2. The molecule has 23 heavy (non-hydrogen) atoms. The second kappa shape index (κ2) is 9.20. The van der Waals surface area contributed by atoms with Crippen molar-refractivity contribution in [1.82, 2.24) is 0 Å². The van der Waals surface area contributed by atoms with Crippen molar-refractivity contribution in [2.75, 3.05) is 13.2 Å². The first-order valence-corrected chi connectivity index (χ1v) is 6.63. The number of benzene rings is 1. The molecule has 0 fully saturated rings. The Labute approximate surface area is 132 Å². The van der Waals surface area contributed by atoms with Crippen molar-refractivity contribution < 1.29 is 27.8 Å². The molecule has 0 aliphatic rings. The van der Waals surface area contributed by atoms with E-state index in [0.29, 0.717) is 5.56 Å². The molecule has 0 radical (unpaired) electrons. The number of esters is 1. The zero-order chi connectivity index (χ0) is 17.2. The highest BCUT2D eigenvalue weighted by Gasteiger charge is 2.13. The summed E-state index contributed by atoms with van der Waals surface area (Å²) in [5.41, 5.74) is 0.166. The number of hydrogen-bond donors (Lipinski definition) is 0. The molecule has 0 aliphatic heterocycles. The number of rotatable bonds is 8. The average molecular weight is 323 g/mol. The van der Waals surface area contributed by atoms with E-state index < -0.39 is 12.6 Å². The molecule has 0 saturated heterocycles. The topological polar surface area (TPSA) is 68.6 Å². The Morgan fingerprint density at radius 1 is 1.43 bits per heavy atom. The van der Waals surface area contributed by atoms with Crippen molar-refractivity contribution in [2.45, 2.75) is 13.5 Å². The van der Waals surface area contributed by atoms with Gasteiger partial charge < -0.3 is 14.2 Å². The van der Waals surface area contributed by atoms with Crippen LogP contribution in [0.25, 0.3) is 6.08 Å². The van der Waals surface area contributed by atoms with E-state index in [1.165, 1.54) is 30.4 Å². The lowest BCUT2D eigenvalue weighted by atomic mass is 10.1. The van der Waals surface area contributed by atoms with E-state index in [1.807, 2.05) is 0 Å². The number of carbonyl (C=O) groups excluding carboxylic acids is 1. The van der Waals surface area contributed by atoms with E-state index >= 15 is 0 Å². The van der Waals surface area contributed by atoms with Crippen LogP contribution in [-0.2, 0) is 9.53 Å². The molecule has 7 heteroatoms. The Balaban J connectivity index is 3.09. The molecule has 0 saturated carbocycles. The lowest BCUT2D eigenvalue weighted by Crippen LogP contribution is -2.07. The van der Waals surface area contributed by atoms with Crippen molar-refractivity contribution in [3.8, 4) is 17.6 Å².